The molecule has 0 bridgehead atoms. The second-order valence-electron chi connectivity index (χ2n) is 7.57. The SMILES string of the molecule is O=C(NCCn1nc(-c2ccco2)ccc1=O)C1CCCN(C(=O)NCc2cccs2)C1. The molecule has 1 unspecified atom stereocenters. The van der Waals surface area contributed by atoms with Crippen molar-refractivity contribution in [1.29, 1.82) is 0 Å². The van der Waals surface area contributed by atoms with Gasteiger partial charge in [0.2, 0.25) is 5.91 Å². The van der Waals surface area contributed by atoms with E-state index in [4.69, 9.17) is 4.42 Å². The number of nitrogens with zero attached hydrogens (tertiary/aromatic N) is 3. The molecule has 168 valence electrons. The highest BCUT2D eigenvalue weighted by Crippen LogP contribution is 2.17. The van der Waals surface area contributed by atoms with Gasteiger partial charge in [-0.15, -0.1) is 11.3 Å². The van der Waals surface area contributed by atoms with Crippen LogP contribution in [0.5, 0.6) is 0 Å². The maximum Gasteiger partial charge on any atom is 0.317 e. The van der Waals surface area contributed by atoms with Crippen molar-refractivity contribution in [1.82, 2.24) is 25.3 Å². The van der Waals surface area contributed by atoms with Gasteiger partial charge in [0.1, 0.15) is 5.69 Å². The van der Waals surface area contributed by atoms with Gasteiger partial charge in [-0.2, -0.15) is 5.10 Å². The van der Waals surface area contributed by atoms with Crippen molar-refractivity contribution in [3.8, 4) is 11.5 Å². The van der Waals surface area contributed by atoms with E-state index in [1.54, 1.807) is 40.7 Å². The molecule has 1 fully saturated rings. The molecule has 1 saturated heterocycles. The first kappa shape index (κ1) is 21.8. The molecule has 0 saturated carbocycles. The summed E-state index contributed by atoms with van der Waals surface area (Å²) in [5.41, 5.74) is 0.304. The van der Waals surface area contributed by atoms with Crippen LogP contribution in [-0.2, 0) is 17.9 Å². The fourth-order valence-corrected chi connectivity index (χ4v) is 4.30. The lowest BCUT2D eigenvalue weighted by molar-refractivity contribution is -0.126. The Morgan fingerprint density at radius 2 is 2.09 bits per heavy atom. The topological polar surface area (TPSA) is 109 Å². The van der Waals surface area contributed by atoms with E-state index in [1.807, 2.05) is 17.5 Å². The summed E-state index contributed by atoms with van der Waals surface area (Å²) in [5.74, 6) is 0.189. The van der Waals surface area contributed by atoms with Crippen molar-refractivity contribution in [3.05, 3.63) is 63.3 Å². The number of piperidine rings is 1. The summed E-state index contributed by atoms with van der Waals surface area (Å²) in [6.07, 6.45) is 3.05. The van der Waals surface area contributed by atoms with Crippen molar-refractivity contribution in [2.45, 2.75) is 25.9 Å². The van der Waals surface area contributed by atoms with Gasteiger partial charge in [0, 0.05) is 30.6 Å². The summed E-state index contributed by atoms with van der Waals surface area (Å²) in [4.78, 5) is 40.0. The molecule has 3 amide bonds. The summed E-state index contributed by atoms with van der Waals surface area (Å²) in [5, 5.41) is 12.1. The highest BCUT2D eigenvalue weighted by Gasteiger charge is 2.28. The molecular weight excluding hydrogens is 430 g/mol. The Kier molecular flexibility index (Phi) is 7.00. The van der Waals surface area contributed by atoms with Crippen molar-refractivity contribution >= 4 is 23.3 Å². The molecule has 4 heterocycles. The quantitative estimate of drug-likeness (QED) is 0.568. The maximum absolute atomic E-state index is 12.6. The van der Waals surface area contributed by atoms with E-state index in [2.05, 4.69) is 15.7 Å². The van der Waals surface area contributed by atoms with Gasteiger partial charge < -0.3 is 20.0 Å². The van der Waals surface area contributed by atoms with E-state index in [0.717, 1.165) is 17.7 Å². The largest absolute Gasteiger partial charge is 0.463 e. The molecule has 0 radical (unpaired) electrons. The standard InChI is InChI=1S/C22H25N5O4S/c28-20-8-7-18(19-6-2-12-31-19)25-27(20)11-9-23-21(29)16-4-1-10-26(15-16)22(30)24-14-17-5-3-13-32-17/h2-3,5-8,12-13,16H,1,4,9-11,14-15H2,(H,23,29)(H,24,30). The minimum Gasteiger partial charge on any atom is -0.463 e. The van der Waals surface area contributed by atoms with Gasteiger partial charge in [0.05, 0.1) is 25.3 Å². The highest BCUT2D eigenvalue weighted by molar-refractivity contribution is 7.09. The van der Waals surface area contributed by atoms with Crippen LogP contribution < -0.4 is 16.2 Å². The number of rotatable bonds is 7. The first-order valence-electron chi connectivity index (χ1n) is 10.5. The number of hydrogen-bond donors (Lipinski definition) is 2. The summed E-state index contributed by atoms with van der Waals surface area (Å²) in [6.45, 7) is 2.03. The lowest BCUT2D eigenvalue weighted by Gasteiger charge is -2.32. The fourth-order valence-electron chi connectivity index (χ4n) is 3.66. The van der Waals surface area contributed by atoms with Gasteiger partial charge in [0.15, 0.2) is 5.76 Å². The lowest BCUT2D eigenvalue weighted by atomic mass is 9.97. The predicted molar refractivity (Wildman–Crippen MR) is 120 cm³/mol. The molecule has 32 heavy (non-hydrogen) atoms. The number of furan rings is 1. The first-order valence-corrected chi connectivity index (χ1v) is 11.4. The van der Waals surface area contributed by atoms with E-state index in [-0.39, 0.29) is 36.5 Å². The smallest absolute Gasteiger partial charge is 0.317 e. The van der Waals surface area contributed by atoms with Gasteiger partial charge in [0.25, 0.3) is 5.56 Å². The van der Waals surface area contributed by atoms with E-state index in [0.29, 0.717) is 31.1 Å². The molecule has 2 N–H and O–H groups in total. The number of hydrogen-bond acceptors (Lipinski definition) is 6. The molecule has 3 aromatic heterocycles. The number of nitrogens with one attached hydrogen (secondary N) is 2. The monoisotopic (exact) mass is 455 g/mol. The molecule has 0 aliphatic carbocycles. The van der Waals surface area contributed by atoms with Gasteiger partial charge >= 0.3 is 6.03 Å². The van der Waals surface area contributed by atoms with E-state index < -0.39 is 0 Å². The Morgan fingerprint density at radius 1 is 1.19 bits per heavy atom. The van der Waals surface area contributed by atoms with Crippen LogP contribution in [0.15, 0.2) is 57.3 Å². The summed E-state index contributed by atoms with van der Waals surface area (Å²) >= 11 is 1.59. The predicted octanol–water partition coefficient (Wildman–Crippen LogP) is 2.30. The van der Waals surface area contributed by atoms with E-state index >= 15 is 0 Å². The van der Waals surface area contributed by atoms with Crippen LogP contribution in [0.4, 0.5) is 4.79 Å². The Morgan fingerprint density at radius 3 is 2.88 bits per heavy atom. The average Bonchev–Trinajstić information content (AvgIpc) is 3.53. The molecule has 1 aliphatic heterocycles. The number of carbonyl (C=O) groups excluding carboxylic acids is 2. The number of urea groups is 1. The summed E-state index contributed by atoms with van der Waals surface area (Å²) in [6, 6.07) is 10.3. The van der Waals surface area contributed by atoms with Crippen LogP contribution in [0.25, 0.3) is 11.5 Å². The first-order chi connectivity index (χ1) is 15.6. The lowest BCUT2D eigenvalue weighted by Crippen LogP contribution is -2.49. The second kappa shape index (κ2) is 10.3. The van der Waals surface area contributed by atoms with Gasteiger partial charge in [-0.1, -0.05) is 6.07 Å². The summed E-state index contributed by atoms with van der Waals surface area (Å²) < 4.78 is 6.63. The van der Waals surface area contributed by atoms with Crippen LogP contribution >= 0.6 is 11.3 Å². The van der Waals surface area contributed by atoms with E-state index in [9.17, 15) is 14.4 Å². The molecule has 0 aromatic carbocycles. The Labute approximate surface area is 189 Å². The zero-order valence-electron chi connectivity index (χ0n) is 17.5. The van der Waals surface area contributed by atoms with E-state index in [1.165, 1.54) is 10.7 Å². The Balaban J connectivity index is 1.26. The zero-order valence-corrected chi connectivity index (χ0v) is 18.3. The number of aromatic nitrogens is 2. The average molecular weight is 456 g/mol. The summed E-state index contributed by atoms with van der Waals surface area (Å²) in [7, 11) is 0. The van der Waals surface area contributed by atoms with Crippen LogP contribution in [0.2, 0.25) is 0 Å². The van der Waals surface area contributed by atoms with Crippen LogP contribution in [-0.4, -0.2) is 46.3 Å². The highest BCUT2D eigenvalue weighted by atomic mass is 32.1. The minimum atomic E-state index is -0.268. The molecule has 10 heteroatoms. The zero-order chi connectivity index (χ0) is 22.3. The van der Waals surface area contributed by atoms with Crippen molar-refractivity contribution in [2.75, 3.05) is 19.6 Å². The number of thiophene rings is 1. The normalized spacial score (nSPS) is 16.0. The second-order valence-corrected chi connectivity index (χ2v) is 8.60. The van der Waals surface area contributed by atoms with Gasteiger partial charge in [-0.25, -0.2) is 9.48 Å². The minimum absolute atomic E-state index is 0.115. The van der Waals surface area contributed by atoms with Crippen LogP contribution in [0, 0.1) is 5.92 Å². The Hall–Kier alpha value is -3.40. The van der Waals surface area contributed by atoms with Crippen LogP contribution in [0.3, 0.4) is 0 Å². The van der Waals surface area contributed by atoms with Crippen molar-refractivity contribution in [3.63, 3.8) is 0 Å². The fraction of sp³-hybridized carbons (Fsp3) is 0.364. The molecule has 0 spiro atoms. The molecule has 9 nitrogen and oxygen atoms in total. The number of carbonyl (C=O) groups is 2. The Bertz CT molecular complexity index is 1090. The van der Waals surface area contributed by atoms with Crippen molar-refractivity contribution < 1.29 is 14.0 Å². The van der Waals surface area contributed by atoms with Crippen LogP contribution in [0.1, 0.15) is 17.7 Å². The molecule has 3 aromatic rings. The number of likely N-dealkylation sites (tertiary alicyclic amines) is 1. The third kappa shape index (κ3) is 5.44. The molecule has 1 aliphatic rings. The number of amides is 3. The molecule has 1 atom stereocenters. The third-order valence-electron chi connectivity index (χ3n) is 5.34. The third-order valence-corrected chi connectivity index (χ3v) is 6.21. The van der Waals surface area contributed by atoms with Crippen molar-refractivity contribution in [2.24, 2.45) is 5.92 Å². The van der Waals surface area contributed by atoms with Gasteiger partial charge in [-0.3, -0.25) is 9.59 Å². The maximum atomic E-state index is 12.6. The van der Waals surface area contributed by atoms with Gasteiger partial charge in [-0.05, 0) is 42.5 Å². The molecular formula is C22H25N5O4S. The molecule has 4 rings (SSSR count).